The number of carbonyl (C=O) groups is 1. The number of hydrogen-bond donors (Lipinski definition) is 0. The molecule has 0 aromatic heterocycles. The van der Waals surface area contributed by atoms with Crippen LogP contribution in [-0.2, 0) is 26.4 Å². The Labute approximate surface area is 141 Å². The van der Waals surface area contributed by atoms with E-state index in [-0.39, 0.29) is 55.0 Å². The van der Waals surface area contributed by atoms with Crippen LogP contribution < -0.4 is 29.6 Å². The minimum absolute atomic E-state index is 0. The molecule has 1 aromatic carbocycles. The van der Waals surface area contributed by atoms with Crippen molar-refractivity contribution in [2.75, 3.05) is 12.3 Å². The fourth-order valence-electron chi connectivity index (χ4n) is 1.42. The van der Waals surface area contributed by atoms with Gasteiger partial charge < -0.3 is 4.55 Å². The van der Waals surface area contributed by atoms with Gasteiger partial charge in [0.1, 0.15) is 6.61 Å². The Morgan fingerprint density at radius 2 is 1.90 bits per heavy atom. The molecule has 20 heavy (non-hydrogen) atoms. The predicted octanol–water partition coefficient (Wildman–Crippen LogP) is -2.09. The quantitative estimate of drug-likeness (QED) is 0.327. The van der Waals surface area contributed by atoms with Crippen molar-refractivity contribution in [1.82, 2.24) is 5.06 Å². The zero-order valence-corrected chi connectivity index (χ0v) is 14.4. The van der Waals surface area contributed by atoms with E-state index in [1.807, 2.05) is 30.3 Å². The molecule has 106 valence electrons. The molecule has 0 bridgehead atoms. The summed E-state index contributed by atoms with van der Waals surface area (Å²) in [6.07, 6.45) is 0.0558. The Morgan fingerprint density at radius 3 is 2.40 bits per heavy atom. The molecule has 0 heterocycles. The summed E-state index contributed by atoms with van der Waals surface area (Å²) < 4.78 is 31.4. The normalized spacial score (nSPS) is 10.7. The van der Waals surface area contributed by atoms with Crippen LogP contribution in [0.2, 0.25) is 0 Å². The summed E-state index contributed by atoms with van der Waals surface area (Å²) in [6, 6.07) is 9.26. The van der Waals surface area contributed by atoms with Gasteiger partial charge >= 0.3 is 29.6 Å². The van der Waals surface area contributed by atoms with Crippen molar-refractivity contribution >= 4 is 16.0 Å². The van der Waals surface area contributed by atoms with Crippen LogP contribution >= 0.6 is 0 Å². The average molecular weight is 309 g/mol. The van der Waals surface area contributed by atoms with Crippen LogP contribution in [0.1, 0.15) is 18.9 Å². The third-order valence-corrected chi connectivity index (χ3v) is 3.13. The molecule has 6 nitrogen and oxygen atoms in total. The van der Waals surface area contributed by atoms with E-state index < -0.39 is 15.9 Å². The number of hydroxylamine groups is 2. The van der Waals surface area contributed by atoms with Gasteiger partial charge in [-0.25, -0.2) is 13.5 Å². The maximum absolute atomic E-state index is 11.3. The van der Waals surface area contributed by atoms with E-state index in [2.05, 4.69) is 0 Å². The van der Waals surface area contributed by atoms with Crippen LogP contribution in [0.4, 0.5) is 0 Å². The van der Waals surface area contributed by atoms with Crippen LogP contribution in [0.15, 0.2) is 30.3 Å². The van der Waals surface area contributed by atoms with Gasteiger partial charge in [-0.2, -0.15) is 0 Å². The van der Waals surface area contributed by atoms with E-state index in [4.69, 9.17) is 4.84 Å². The molecular formula is C12H16NNaO5S. The van der Waals surface area contributed by atoms with Crippen molar-refractivity contribution < 1.29 is 52.2 Å². The van der Waals surface area contributed by atoms with Gasteiger partial charge in [0.05, 0.1) is 10.1 Å². The molecule has 0 N–H and O–H groups in total. The SMILES string of the molecule is CC(=O)N(CCCS(=O)(=O)[O-])OCc1ccccc1.[Na+]. The molecule has 0 saturated carbocycles. The molecule has 0 aliphatic rings. The standard InChI is InChI=1S/C12H17NO5S.Na/c1-11(14)13(8-5-9-19(15,16)17)18-10-12-6-3-2-4-7-12;/h2-4,6-7H,5,8-10H2,1H3,(H,15,16,17);/q;+1/p-1. The fraction of sp³-hybridized carbons (Fsp3) is 0.417. The first-order valence-electron chi connectivity index (χ1n) is 5.77. The molecule has 0 radical (unpaired) electrons. The van der Waals surface area contributed by atoms with E-state index in [0.29, 0.717) is 0 Å². The van der Waals surface area contributed by atoms with Crippen molar-refractivity contribution in [2.45, 2.75) is 20.0 Å². The van der Waals surface area contributed by atoms with Crippen LogP contribution in [0.25, 0.3) is 0 Å². The van der Waals surface area contributed by atoms with Crippen molar-refractivity contribution in [2.24, 2.45) is 0 Å². The topological polar surface area (TPSA) is 86.7 Å². The first-order chi connectivity index (χ1) is 8.88. The van der Waals surface area contributed by atoms with E-state index in [1.54, 1.807) is 0 Å². The molecule has 1 amide bonds. The van der Waals surface area contributed by atoms with Crippen molar-refractivity contribution in [1.29, 1.82) is 0 Å². The monoisotopic (exact) mass is 309 g/mol. The summed E-state index contributed by atoms with van der Waals surface area (Å²) in [5.74, 6) is -0.843. The van der Waals surface area contributed by atoms with E-state index in [0.717, 1.165) is 10.6 Å². The number of rotatable bonds is 7. The van der Waals surface area contributed by atoms with Gasteiger partial charge in [0.15, 0.2) is 0 Å². The molecule has 1 aromatic rings. The van der Waals surface area contributed by atoms with Crippen LogP contribution in [0.3, 0.4) is 0 Å². The molecular weight excluding hydrogens is 293 g/mol. The number of benzene rings is 1. The number of amides is 1. The summed E-state index contributed by atoms with van der Waals surface area (Å²) in [6.45, 7) is 1.60. The number of nitrogens with zero attached hydrogens (tertiary/aromatic N) is 1. The van der Waals surface area contributed by atoms with Crippen LogP contribution in [0, 0.1) is 0 Å². The molecule has 0 fully saturated rings. The zero-order valence-electron chi connectivity index (χ0n) is 11.6. The van der Waals surface area contributed by atoms with E-state index in [9.17, 15) is 17.8 Å². The molecule has 0 saturated heterocycles. The Kier molecular flexibility index (Phi) is 9.28. The van der Waals surface area contributed by atoms with Gasteiger partial charge in [-0.1, -0.05) is 30.3 Å². The van der Waals surface area contributed by atoms with Crippen LogP contribution in [0.5, 0.6) is 0 Å². The average Bonchev–Trinajstić information content (AvgIpc) is 2.33. The maximum Gasteiger partial charge on any atom is 1.00 e. The zero-order chi connectivity index (χ0) is 14.3. The molecule has 0 atom stereocenters. The largest absolute Gasteiger partial charge is 1.00 e. The number of carbonyl (C=O) groups excluding carboxylic acids is 1. The second kappa shape index (κ2) is 9.49. The minimum atomic E-state index is -4.26. The van der Waals surface area contributed by atoms with Gasteiger partial charge in [0, 0.05) is 19.2 Å². The molecule has 8 heteroatoms. The van der Waals surface area contributed by atoms with Crippen molar-refractivity contribution in [3.8, 4) is 0 Å². The Morgan fingerprint density at radius 1 is 1.30 bits per heavy atom. The van der Waals surface area contributed by atoms with Gasteiger partial charge in [-0.15, -0.1) is 0 Å². The summed E-state index contributed by atoms with van der Waals surface area (Å²) in [5.41, 5.74) is 0.894. The third kappa shape index (κ3) is 8.68. The molecule has 0 unspecified atom stereocenters. The van der Waals surface area contributed by atoms with Gasteiger partial charge in [-0.3, -0.25) is 9.63 Å². The summed E-state index contributed by atoms with van der Waals surface area (Å²) >= 11 is 0. The molecule has 0 aliphatic heterocycles. The molecule has 0 spiro atoms. The Hall–Kier alpha value is -0.440. The predicted molar refractivity (Wildman–Crippen MR) is 67.8 cm³/mol. The maximum atomic E-state index is 11.3. The summed E-state index contributed by atoms with van der Waals surface area (Å²) in [4.78, 5) is 16.6. The third-order valence-electron chi connectivity index (χ3n) is 2.34. The molecule has 0 aliphatic carbocycles. The Bertz CT molecular complexity index is 506. The second-order valence-electron chi connectivity index (χ2n) is 4.00. The smallest absolute Gasteiger partial charge is 0.748 e. The van der Waals surface area contributed by atoms with Crippen molar-refractivity contribution in [3.05, 3.63) is 35.9 Å². The van der Waals surface area contributed by atoms with Crippen LogP contribution in [-0.4, -0.2) is 36.2 Å². The van der Waals surface area contributed by atoms with Gasteiger partial charge in [0.2, 0.25) is 5.91 Å². The first-order valence-corrected chi connectivity index (χ1v) is 7.35. The van der Waals surface area contributed by atoms with Crippen molar-refractivity contribution in [3.63, 3.8) is 0 Å². The Balaban J connectivity index is 0.00000361. The minimum Gasteiger partial charge on any atom is -0.748 e. The van der Waals surface area contributed by atoms with E-state index in [1.165, 1.54) is 6.92 Å². The second-order valence-corrected chi connectivity index (χ2v) is 5.52. The van der Waals surface area contributed by atoms with E-state index >= 15 is 0 Å². The number of hydrogen-bond acceptors (Lipinski definition) is 5. The molecule has 1 rings (SSSR count). The van der Waals surface area contributed by atoms with Gasteiger partial charge in [0.25, 0.3) is 0 Å². The summed E-state index contributed by atoms with van der Waals surface area (Å²) in [7, 11) is -4.26. The van der Waals surface area contributed by atoms with Gasteiger partial charge in [-0.05, 0) is 12.0 Å². The first kappa shape index (κ1) is 19.6. The summed E-state index contributed by atoms with van der Waals surface area (Å²) in [5, 5.41) is 1.07. The fourth-order valence-corrected chi connectivity index (χ4v) is 1.91.